The van der Waals surface area contributed by atoms with Crippen LogP contribution in [-0.2, 0) is 19.1 Å². The predicted octanol–water partition coefficient (Wildman–Crippen LogP) is 2.48. The summed E-state index contributed by atoms with van der Waals surface area (Å²) in [5.41, 5.74) is 4.19. The van der Waals surface area contributed by atoms with Crippen molar-refractivity contribution in [2.24, 2.45) is 5.10 Å². The summed E-state index contributed by atoms with van der Waals surface area (Å²) in [5.74, 6) is -1.22. The molecule has 0 radical (unpaired) electrons. The Hall–Kier alpha value is -4.34. The van der Waals surface area contributed by atoms with Crippen LogP contribution in [0.15, 0.2) is 52.8 Å². The van der Waals surface area contributed by atoms with Crippen molar-refractivity contribution < 1.29 is 43.2 Å². The number of hydrazone groups is 1. The van der Waals surface area contributed by atoms with Crippen LogP contribution in [0.25, 0.3) is 0 Å². The predicted molar refractivity (Wildman–Crippen MR) is 150 cm³/mol. The van der Waals surface area contributed by atoms with Crippen LogP contribution >= 0.6 is 22.6 Å². The lowest BCUT2D eigenvalue weighted by Crippen LogP contribution is -2.45. The molecule has 4 N–H and O–H groups in total. The average Bonchev–Trinajstić information content (AvgIpc) is 2.90. The molecule has 13 nitrogen and oxygen atoms in total. The molecule has 0 saturated heterocycles. The van der Waals surface area contributed by atoms with Crippen molar-refractivity contribution in [2.75, 3.05) is 26.9 Å². The number of methoxy groups -OCH3 is 1. The minimum atomic E-state index is -1.08. The van der Waals surface area contributed by atoms with Crippen LogP contribution in [0.5, 0.6) is 17.2 Å². The van der Waals surface area contributed by atoms with Crippen molar-refractivity contribution in [3.05, 3.63) is 62.4 Å². The van der Waals surface area contributed by atoms with E-state index in [4.69, 9.17) is 24.1 Å². The van der Waals surface area contributed by atoms with Gasteiger partial charge in [-0.2, -0.15) is 5.10 Å². The zero-order chi connectivity index (χ0) is 29.2. The van der Waals surface area contributed by atoms with Crippen LogP contribution in [0.4, 0.5) is 4.79 Å². The zero-order valence-corrected chi connectivity index (χ0v) is 23.9. The highest BCUT2D eigenvalue weighted by atomic mass is 127. The highest BCUT2D eigenvalue weighted by Gasteiger charge is 2.32. The maximum absolute atomic E-state index is 12.5. The molecular formula is C26H27IN4O9. The Bertz CT molecular complexity index is 1360. The number of hydrogen-bond acceptors (Lipinski definition) is 9. The molecule has 0 unspecified atom stereocenters. The Morgan fingerprint density at radius 1 is 1.10 bits per heavy atom. The van der Waals surface area contributed by atoms with E-state index in [-0.39, 0.29) is 30.3 Å². The third kappa shape index (κ3) is 8.08. The molecule has 0 aromatic heterocycles. The van der Waals surface area contributed by atoms with E-state index in [9.17, 15) is 19.2 Å². The summed E-state index contributed by atoms with van der Waals surface area (Å²) >= 11 is 2.00. The monoisotopic (exact) mass is 666 g/mol. The van der Waals surface area contributed by atoms with Gasteiger partial charge in [0.15, 0.2) is 24.7 Å². The number of nitrogens with zero attached hydrogens (tertiary/aromatic N) is 1. The molecule has 0 bridgehead atoms. The Morgan fingerprint density at radius 2 is 1.82 bits per heavy atom. The molecule has 3 rings (SSSR count). The summed E-state index contributed by atoms with van der Waals surface area (Å²) in [7, 11) is 1.42. The van der Waals surface area contributed by atoms with E-state index >= 15 is 0 Å². The molecule has 0 fully saturated rings. The highest BCUT2D eigenvalue weighted by Crippen LogP contribution is 2.34. The second kappa shape index (κ2) is 14.2. The quantitative estimate of drug-likeness (QED) is 0.115. The first kappa shape index (κ1) is 30.2. The molecule has 212 valence electrons. The number of carbonyl (C=O) groups is 4. The van der Waals surface area contributed by atoms with Gasteiger partial charge in [0.05, 0.1) is 35.1 Å². The third-order valence-electron chi connectivity index (χ3n) is 5.35. The van der Waals surface area contributed by atoms with Gasteiger partial charge in [-0.3, -0.25) is 4.79 Å². The van der Waals surface area contributed by atoms with Crippen LogP contribution < -0.4 is 30.3 Å². The highest BCUT2D eigenvalue weighted by molar-refractivity contribution is 14.1. The Morgan fingerprint density at radius 3 is 2.50 bits per heavy atom. The van der Waals surface area contributed by atoms with Gasteiger partial charge in [0.25, 0.3) is 5.91 Å². The van der Waals surface area contributed by atoms with E-state index in [0.717, 1.165) is 0 Å². The first-order chi connectivity index (χ1) is 19.1. The number of aliphatic carboxylic acids is 1. The standard InChI is InChI=1S/C26H27IN4O9/c1-4-38-25(35)23-14(2)29-26(36)30-24(23)16-6-8-19(20(10-16)37-3)39-12-21(32)31-28-11-15-5-7-18(17(27)9-15)40-13-22(33)34/h5-11,24H,4,12-13H2,1-3H3,(H,31,32)(H,33,34)(H2,29,30,36)/b28-11-/t24-/m1/s1. The number of urea groups is 1. The smallest absolute Gasteiger partial charge is 0.341 e. The molecule has 0 aliphatic carbocycles. The number of benzene rings is 2. The summed E-state index contributed by atoms with van der Waals surface area (Å²) in [6, 6.07) is 8.53. The maximum atomic E-state index is 12.5. The van der Waals surface area contributed by atoms with Gasteiger partial charge in [0.2, 0.25) is 0 Å². The Kier molecular flexibility index (Phi) is 10.7. The normalized spacial score (nSPS) is 14.7. The molecule has 3 amide bonds. The van der Waals surface area contributed by atoms with Crippen LogP contribution in [0.3, 0.4) is 0 Å². The molecule has 1 aliphatic heterocycles. The molecule has 0 saturated carbocycles. The summed E-state index contributed by atoms with van der Waals surface area (Å²) in [4.78, 5) is 47.6. The number of carboxylic acid groups (broad SMARTS) is 1. The van der Waals surface area contributed by atoms with Gasteiger partial charge in [-0.25, -0.2) is 19.8 Å². The van der Waals surface area contributed by atoms with Crippen LogP contribution in [0.2, 0.25) is 0 Å². The maximum Gasteiger partial charge on any atom is 0.341 e. The van der Waals surface area contributed by atoms with Gasteiger partial charge in [-0.05, 0) is 77.9 Å². The molecule has 1 atom stereocenters. The van der Waals surface area contributed by atoms with Gasteiger partial charge >= 0.3 is 18.0 Å². The number of carboxylic acids is 1. The number of carbonyl (C=O) groups excluding carboxylic acids is 3. The average molecular weight is 666 g/mol. The summed E-state index contributed by atoms with van der Waals surface area (Å²) in [5, 5.41) is 17.9. The van der Waals surface area contributed by atoms with Crippen molar-refractivity contribution in [1.82, 2.24) is 16.1 Å². The van der Waals surface area contributed by atoms with Crippen LogP contribution in [0, 0.1) is 3.57 Å². The number of ether oxygens (including phenoxy) is 4. The molecule has 1 heterocycles. The van der Waals surface area contributed by atoms with Gasteiger partial charge in [-0.15, -0.1) is 0 Å². The summed E-state index contributed by atoms with van der Waals surface area (Å²) in [6.45, 7) is 2.65. The van der Waals surface area contributed by atoms with Crippen molar-refractivity contribution >= 4 is 52.7 Å². The van der Waals surface area contributed by atoms with Gasteiger partial charge in [-0.1, -0.05) is 6.07 Å². The largest absolute Gasteiger partial charge is 0.493 e. The van der Waals surface area contributed by atoms with E-state index in [0.29, 0.717) is 26.1 Å². The lowest BCUT2D eigenvalue weighted by atomic mass is 9.95. The summed E-state index contributed by atoms with van der Waals surface area (Å²) in [6.07, 6.45) is 1.42. The number of allylic oxidation sites excluding steroid dienone is 1. The SMILES string of the molecule is CCOC(=O)C1=C(C)NC(=O)N[C@@H]1c1ccc(OCC(=O)N/N=C\c2ccc(OCC(=O)O)c(I)c2)c(OC)c1. The first-order valence-electron chi connectivity index (χ1n) is 11.8. The van der Waals surface area contributed by atoms with E-state index in [1.807, 2.05) is 22.6 Å². The number of hydrogen-bond donors (Lipinski definition) is 4. The zero-order valence-electron chi connectivity index (χ0n) is 21.8. The summed E-state index contributed by atoms with van der Waals surface area (Å²) < 4.78 is 22.0. The van der Waals surface area contributed by atoms with Crippen molar-refractivity contribution in [3.8, 4) is 17.2 Å². The van der Waals surface area contributed by atoms with Crippen LogP contribution in [0.1, 0.15) is 31.0 Å². The minimum absolute atomic E-state index is 0.174. The van der Waals surface area contributed by atoms with Crippen LogP contribution in [-0.4, -0.2) is 62.1 Å². The van der Waals surface area contributed by atoms with Gasteiger partial charge in [0, 0.05) is 5.70 Å². The minimum Gasteiger partial charge on any atom is -0.493 e. The topological polar surface area (TPSA) is 174 Å². The molecule has 2 aromatic carbocycles. The van der Waals surface area contributed by atoms with Crippen molar-refractivity contribution in [2.45, 2.75) is 19.9 Å². The Labute approximate surface area is 243 Å². The fourth-order valence-corrected chi connectivity index (χ4v) is 4.31. The van der Waals surface area contributed by atoms with E-state index in [1.165, 1.54) is 13.3 Å². The number of halogens is 1. The van der Waals surface area contributed by atoms with Crippen molar-refractivity contribution in [1.29, 1.82) is 0 Å². The van der Waals surface area contributed by atoms with Crippen molar-refractivity contribution in [3.63, 3.8) is 0 Å². The fraction of sp³-hybridized carbons (Fsp3) is 0.269. The Balaban J connectivity index is 1.63. The lowest BCUT2D eigenvalue weighted by Gasteiger charge is -2.28. The molecule has 1 aliphatic rings. The lowest BCUT2D eigenvalue weighted by molar-refractivity contribution is -0.140. The fourth-order valence-electron chi connectivity index (χ4n) is 3.61. The van der Waals surface area contributed by atoms with E-state index < -0.39 is 36.5 Å². The van der Waals surface area contributed by atoms with Gasteiger partial charge in [0.1, 0.15) is 5.75 Å². The second-order valence-electron chi connectivity index (χ2n) is 8.16. The molecule has 14 heteroatoms. The number of esters is 1. The number of nitrogens with one attached hydrogen (secondary N) is 3. The van der Waals surface area contributed by atoms with E-state index in [1.54, 1.807) is 50.2 Å². The van der Waals surface area contributed by atoms with Gasteiger partial charge < -0.3 is 34.7 Å². The third-order valence-corrected chi connectivity index (χ3v) is 6.20. The molecule has 2 aromatic rings. The molecule has 0 spiro atoms. The second-order valence-corrected chi connectivity index (χ2v) is 9.32. The molecular weight excluding hydrogens is 639 g/mol. The number of rotatable bonds is 12. The first-order valence-corrected chi connectivity index (χ1v) is 12.9. The molecule has 40 heavy (non-hydrogen) atoms. The number of amides is 3. The van der Waals surface area contributed by atoms with E-state index in [2.05, 4.69) is 21.2 Å².